The standard InChI is InChI=1S/C20H21F5N4O/c1-3-4-12(21)8-29(2)9-17(23)13-6-14(16(22)5-11(13)10-30)20-27-7-15(18(24)25)19(26)28-20/h5-7,9-10,12,18H,3-4,8H2,1-2H3,(H2,26,27,28)/b17-9+. The van der Waals surface area contributed by atoms with E-state index >= 15 is 0 Å². The molecule has 0 spiro atoms. The maximum absolute atomic E-state index is 14.8. The van der Waals surface area contributed by atoms with Gasteiger partial charge in [0.1, 0.15) is 23.6 Å². The van der Waals surface area contributed by atoms with Crippen LogP contribution in [-0.4, -0.2) is 40.9 Å². The van der Waals surface area contributed by atoms with Crippen LogP contribution in [0.3, 0.4) is 0 Å². The second-order valence-electron chi connectivity index (χ2n) is 6.67. The third-order valence-corrected chi connectivity index (χ3v) is 4.27. The Morgan fingerprint density at radius 1 is 1.30 bits per heavy atom. The van der Waals surface area contributed by atoms with Crippen LogP contribution in [0.1, 0.15) is 47.7 Å². The second-order valence-corrected chi connectivity index (χ2v) is 6.67. The summed E-state index contributed by atoms with van der Waals surface area (Å²) >= 11 is 0. The van der Waals surface area contributed by atoms with Crippen molar-refractivity contribution in [2.24, 2.45) is 0 Å². The zero-order valence-electron chi connectivity index (χ0n) is 16.4. The van der Waals surface area contributed by atoms with Crippen LogP contribution in [-0.2, 0) is 0 Å². The lowest BCUT2D eigenvalue weighted by atomic mass is 10.0. The third-order valence-electron chi connectivity index (χ3n) is 4.27. The molecule has 10 heteroatoms. The molecule has 0 bridgehead atoms. The maximum Gasteiger partial charge on any atom is 0.268 e. The van der Waals surface area contributed by atoms with Gasteiger partial charge in [0.05, 0.1) is 11.1 Å². The molecule has 1 heterocycles. The number of anilines is 1. The number of nitrogens with two attached hydrogens (primary N) is 1. The summed E-state index contributed by atoms with van der Waals surface area (Å²) < 4.78 is 68.6. The van der Waals surface area contributed by atoms with E-state index in [1.807, 2.05) is 6.92 Å². The van der Waals surface area contributed by atoms with Gasteiger partial charge < -0.3 is 10.6 Å². The number of nitrogens with zero attached hydrogens (tertiary/aromatic N) is 3. The Kier molecular flexibility index (Phi) is 7.85. The summed E-state index contributed by atoms with van der Waals surface area (Å²) in [5, 5.41) is 0. The number of halogens is 5. The van der Waals surface area contributed by atoms with Crippen LogP contribution >= 0.6 is 0 Å². The number of rotatable bonds is 9. The van der Waals surface area contributed by atoms with E-state index in [-0.39, 0.29) is 35.3 Å². The summed E-state index contributed by atoms with van der Waals surface area (Å²) in [6.07, 6.45) is -1.13. The van der Waals surface area contributed by atoms with Crippen LogP contribution < -0.4 is 5.73 Å². The average molecular weight is 428 g/mol. The number of hydrogen-bond donors (Lipinski definition) is 1. The normalized spacial score (nSPS) is 12.9. The molecule has 30 heavy (non-hydrogen) atoms. The summed E-state index contributed by atoms with van der Waals surface area (Å²) in [7, 11) is 1.46. The summed E-state index contributed by atoms with van der Waals surface area (Å²) in [6, 6.07) is 1.76. The average Bonchev–Trinajstić information content (AvgIpc) is 2.67. The van der Waals surface area contributed by atoms with E-state index < -0.39 is 35.6 Å². The molecule has 1 aromatic heterocycles. The Labute approximate surface area is 170 Å². The van der Waals surface area contributed by atoms with E-state index in [0.29, 0.717) is 12.8 Å². The van der Waals surface area contributed by atoms with Crippen molar-refractivity contribution in [3.05, 3.63) is 47.0 Å². The molecule has 1 atom stereocenters. The fraction of sp³-hybridized carbons (Fsp3) is 0.350. The fourth-order valence-electron chi connectivity index (χ4n) is 2.80. The van der Waals surface area contributed by atoms with Crippen LogP contribution in [0.5, 0.6) is 0 Å². The van der Waals surface area contributed by atoms with Gasteiger partial charge in [0.25, 0.3) is 6.43 Å². The summed E-state index contributed by atoms with van der Waals surface area (Å²) in [5.74, 6) is -2.77. The quantitative estimate of drug-likeness (QED) is 0.452. The third kappa shape index (κ3) is 5.52. The van der Waals surface area contributed by atoms with Crippen LogP contribution in [0.2, 0.25) is 0 Å². The SMILES string of the molecule is CCCC(F)CN(C)/C=C(/F)c1cc(-c2ncc(C(F)F)c(N)n2)c(F)cc1C=O. The van der Waals surface area contributed by atoms with Gasteiger partial charge in [-0.25, -0.2) is 31.9 Å². The highest BCUT2D eigenvalue weighted by Crippen LogP contribution is 2.30. The van der Waals surface area contributed by atoms with Crippen molar-refractivity contribution in [2.75, 3.05) is 19.3 Å². The zero-order chi connectivity index (χ0) is 22.4. The van der Waals surface area contributed by atoms with Gasteiger partial charge in [-0.3, -0.25) is 4.79 Å². The molecule has 1 unspecified atom stereocenters. The van der Waals surface area contributed by atoms with Crippen molar-refractivity contribution in [1.29, 1.82) is 0 Å². The largest absolute Gasteiger partial charge is 0.383 e. The molecule has 0 aliphatic rings. The van der Waals surface area contributed by atoms with Crippen LogP contribution in [0.25, 0.3) is 17.2 Å². The van der Waals surface area contributed by atoms with Crippen molar-refractivity contribution in [3.8, 4) is 11.4 Å². The number of alkyl halides is 3. The number of aldehydes is 1. The maximum atomic E-state index is 14.8. The minimum absolute atomic E-state index is 0.0690. The van der Waals surface area contributed by atoms with Gasteiger partial charge in [0, 0.05) is 37.1 Å². The molecule has 0 saturated heterocycles. The molecular weight excluding hydrogens is 407 g/mol. The number of carbonyl (C=O) groups excluding carboxylic acids is 1. The molecule has 0 fully saturated rings. The molecule has 0 aliphatic heterocycles. The smallest absolute Gasteiger partial charge is 0.268 e. The van der Waals surface area contributed by atoms with Gasteiger partial charge in [0.15, 0.2) is 12.1 Å². The van der Waals surface area contributed by atoms with Gasteiger partial charge in [-0.05, 0) is 18.6 Å². The van der Waals surface area contributed by atoms with Crippen molar-refractivity contribution in [3.63, 3.8) is 0 Å². The lowest BCUT2D eigenvalue weighted by Crippen LogP contribution is -2.22. The summed E-state index contributed by atoms with van der Waals surface area (Å²) in [4.78, 5) is 19.9. The van der Waals surface area contributed by atoms with Gasteiger partial charge >= 0.3 is 0 Å². The Hall–Kier alpha value is -3.04. The summed E-state index contributed by atoms with van der Waals surface area (Å²) in [5.41, 5.74) is 3.94. The predicted octanol–water partition coefficient (Wildman–Crippen LogP) is 4.95. The first-order valence-electron chi connectivity index (χ1n) is 9.09. The van der Waals surface area contributed by atoms with Crippen molar-refractivity contribution < 1.29 is 26.7 Å². The number of nitrogen functional groups attached to an aromatic ring is 1. The summed E-state index contributed by atoms with van der Waals surface area (Å²) in [6.45, 7) is 1.75. The first-order chi connectivity index (χ1) is 14.2. The number of carbonyl (C=O) groups is 1. The molecule has 0 amide bonds. The lowest BCUT2D eigenvalue weighted by molar-refractivity contribution is 0.112. The molecule has 0 aliphatic carbocycles. The van der Waals surface area contributed by atoms with E-state index in [0.717, 1.165) is 24.5 Å². The lowest BCUT2D eigenvalue weighted by Gasteiger charge is -2.17. The Balaban J connectivity index is 2.45. The Morgan fingerprint density at radius 3 is 2.57 bits per heavy atom. The second kappa shape index (κ2) is 10.1. The molecule has 0 saturated carbocycles. The molecule has 2 N–H and O–H groups in total. The fourth-order valence-corrected chi connectivity index (χ4v) is 2.80. The first-order valence-corrected chi connectivity index (χ1v) is 9.09. The Bertz CT molecular complexity index is 936. The van der Waals surface area contributed by atoms with E-state index in [2.05, 4.69) is 9.97 Å². The molecule has 162 valence electrons. The topological polar surface area (TPSA) is 72.1 Å². The zero-order valence-corrected chi connectivity index (χ0v) is 16.4. The van der Waals surface area contributed by atoms with Crippen LogP contribution in [0.4, 0.5) is 27.8 Å². The number of benzene rings is 1. The molecule has 2 aromatic rings. The number of aromatic nitrogens is 2. The molecule has 2 rings (SSSR count). The van der Waals surface area contributed by atoms with Gasteiger partial charge in [-0.15, -0.1) is 0 Å². The van der Waals surface area contributed by atoms with Crippen molar-refractivity contribution in [1.82, 2.24) is 14.9 Å². The Morgan fingerprint density at radius 2 is 2.00 bits per heavy atom. The van der Waals surface area contributed by atoms with Gasteiger partial charge in [-0.2, -0.15) is 0 Å². The highest BCUT2D eigenvalue weighted by Gasteiger charge is 2.19. The highest BCUT2D eigenvalue weighted by atomic mass is 19.3. The van der Waals surface area contributed by atoms with Gasteiger partial charge in [-0.1, -0.05) is 13.3 Å². The minimum Gasteiger partial charge on any atom is -0.383 e. The molecule has 5 nitrogen and oxygen atoms in total. The van der Waals surface area contributed by atoms with Crippen molar-refractivity contribution in [2.45, 2.75) is 32.4 Å². The van der Waals surface area contributed by atoms with E-state index in [9.17, 15) is 26.7 Å². The molecule has 1 aromatic carbocycles. The first kappa shape index (κ1) is 23.2. The van der Waals surface area contributed by atoms with Crippen molar-refractivity contribution >= 4 is 17.9 Å². The monoisotopic (exact) mass is 428 g/mol. The van der Waals surface area contributed by atoms with E-state index in [4.69, 9.17) is 5.73 Å². The van der Waals surface area contributed by atoms with E-state index in [1.54, 1.807) is 0 Å². The van der Waals surface area contributed by atoms with E-state index in [1.165, 1.54) is 11.9 Å². The molecular formula is C20H21F5N4O. The van der Waals surface area contributed by atoms with Crippen LogP contribution in [0, 0.1) is 5.82 Å². The highest BCUT2D eigenvalue weighted by molar-refractivity contribution is 5.86. The predicted molar refractivity (Wildman–Crippen MR) is 104 cm³/mol. The molecule has 0 radical (unpaired) electrons. The van der Waals surface area contributed by atoms with Crippen LogP contribution in [0.15, 0.2) is 24.5 Å². The minimum atomic E-state index is -2.92. The van der Waals surface area contributed by atoms with Gasteiger partial charge in [0.2, 0.25) is 0 Å². The number of hydrogen-bond acceptors (Lipinski definition) is 5.